The number of alkyl halides is 3. The van der Waals surface area contributed by atoms with Gasteiger partial charge in [-0.25, -0.2) is 13.8 Å². The molecule has 6 nitrogen and oxygen atoms in total. The van der Waals surface area contributed by atoms with E-state index in [1.165, 1.54) is 10.9 Å². The molecule has 2 fully saturated rings. The van der Waals surface area contributed by atoms with Gasteiger partial charge in [0.2, 0.25) is 0 Å². The molecule has 1 aromatic carbocycles. The molecule has 3 aromatic rings. The highest BCUT2D eigenvalue weighted by Crippen LogP contribution is 2.42. The standard InChI is InChI=1S/C21H19F5N4O2/c1-29-14-8-15(30-5-6-32-20(10-30)3-2-4-20)27-9-12(14)18(28-29)11-7-13(21(24,25)26)17(23)19(31)16(11)22/h7-9,31H,2-6,10H2,1H3. The number of hydrogen-bond acceptors (Lipinski definition) is 5. The van der Waals surface area contributed by atoms with E-state index in [0.717, 1.165) is 19.3 Å². The van der Waals surface area contributed by atoms with Crippen LogP contribution in [0.3, 0.4) is 0 Å². The molecule has 1 spiro atoms. The molecule has 1 aliphatic heterocycles. The molecule has 3 heterocycles. The van der Waals surface area contributed by atoms with Crippen molar-refractivity contribution in [1.29, 1.82) is 0 Å². The van der Waals surface area contributed by atoms with Gasteiger partial charge in [-0.2, -0.15) is 18.3 Å². The Kier molecular flexibility index (Phi) is 4.59. The van der Waals surface area contributed by atoms with Crippen LogP contribution >= 0.6 is 0 Å². The number of hydrogen-bond donors (Lipinski definition) is 1. The predicted molar refractivity (Wildman–Crippen MR) is 105 cm³/mol. The molecular weight excluding hydrogens is 435 g/mol. The summed E-state index contributed by atoms with van der Waals surface area (Å²) in [5, 5.41) is 14.1. The lowest BCUT2D eigenvalue weighted by molar-refractivity contribution is -0.140. The summed E-state index contributed by atoms with van der Waals surface area (Å²) < 4.78 is 75.4. The smallest absolute Gasteiger partial charge is 0.419 e. The molecule has 1 saturated heterocycles. The van der Waals surface area contributed by atoms with Crippen LogP contribution in [-0.4, -0.2) is 45.2 Å². The maximum absolute atomic E-state index is 14.6. The average Bonchev–Trinajstić information content (AvgIpc) is 3.06. The summed E-state index contributed by atoms with van der Waals surface area (Å²) in [4.78, 5) is 6.51. The van der Waals surface area contributed by atoms with Gasteiger partial charge < -0.3 is 14.7 Å². The number of ether oxygens (including phenoxy) is 1. The Labute approximate surface area is 179 Å². The van der Waals surface area contributed by atoms with E-state index >= 15 is 0 Å². The Bertz CT molecular complexity index is 1220. The molecule has 5 rings (SSSR count). The van der Waals surface area contributed by atoms with Gasteiger partial charge in [-0.3, -0.25) is 4.68 Å². The van der Waals surface area contributed by atoms with Crippen molar-refractivity contribution >= 4 is 16.7 Å². The van der Waals surface area contributed by atoms with Gasteiger partial charge in [-0.05, 0) is 25.3 Å². The van der Waals surface area contributed by atoms with Crippen LogP contribution in [0.25, 0.3) is 22.2 Å². The van der Waals surface area contributed by atoms with E-state index in [0.29, 0.717) is 37.1 Å². The second-order valence-electron chi connectivity index (χ2n) is 8.28. The van der Waals surface area contributed by atoms with Crippen LogP contribution in [0, 0.1) is 11.6 Å². The van der Waals surface area contributed by atoms with E-state index in [9.17, 15) is 27.1 Å². The molecule has 0 unspecified atom stereocenters. The maximum Gasteiger partial charge on any atom is 0.419 e. The van der Waals surface area contributed by atoms with Crippen LogP contribution in [0.5, 0.6) is 5.75 Å². The highest BCUT2D eigenvalue weighted by Gasteiger charge is 2.42. The highest BCUT2D eigenvalue weighted by molar-refractivity contribution is 5.94. The fourth-order valence-electron chi connectivity index (χ4n) is 4.43. The lowest BCUT2D eigenvalue weighted by Gasteiger charge is -2.48. The molecule has 0 radical (unpaired) electrons. The number of aromatic hydroxyl groups is 1. The number of aromatic nitrogens is 3. The third-order valence-electron chi connectivity index (χ3n) is 6.30. The molecule has 32 heavy (non-hydrogen) atoms. The minimum Gasteiger partial charge on any atom is -0.503 e. The molecule has 0 amide bonds. The van der Waals surface area contributed by atoms with Gasteiger partial charge in [-0.1, -0.05) is 0 Å². The van der Waals surface area contributed by atoms with Crippen molar-refractivity contribution in [2.45, 2.75) is 31.0 Å². The summed E-state index contributed by atoms with van der Waals surface area (Å²) in [5.74, 6) is -4.62. The second-order valence-corrected chi connectivity index (χ2v) is 8.28. The first-order valence-corrected chi connectivity index (χ1v) is 10.1. The monoisotopic (exact) mass is 454 g/mol. The van der Waals surface area contributed by atoms with E-state index in [2.05, 4.69) is 15.0 Å². The fraction of sp³-hybridized carbons (Fsp3) is 0.429. The topological polar surface area (TPSA) is 63.4 Å². The zero-order chi connectivity index (χ0) is 22.8. The summed E-state index contributed by atoms with van der Waals surface area (Å²) in [6.45, 7) is 1.89. The van der Waals surface area contributed by atoms with Gasteiger partial charge in [0.1, 0.15) is 11.5 Å². The number of aryl methyl sites for hydroxylation is 1. The number of benzene rings is 1. The molecule has 1 aliphatic carbocycles. The zero-order valence-corrected chi connectivity index (χ0v) is 17.0. The maximum atomic E-state index is 14.6. The van der Waals surface area contributed by atoms with Gasteiger partial charge in [0.05, 0.1) is 23.3 Å². The Morgan fingerprint density at radius 1 is 1.16 bits per heavy atom. The Hall–Kier alpha value is -2.95. The van der Waals surface area contributed by atoms with E-state index < -0.39 is 34.7 Å². The largest absolute Gasteiger partial charge is 0.503 e. The second kappa shape index (κ2) is 7.03. The van der Waals surface area contributed by atoms with Gasteiger partial charge in [0, 0.05) is 43.4 Å². The number of pyridine rings is 1. The molecule has 170 valence electrons. The molecule has 2 aliphatic rings. The van der Waals surface area contributed by atoms with Crippen molar-refractivity contribution in [2.75, 3.05) is 24.6 Å². The molecule has 0 bridgehead atoms. The van der Waals surface area contributed by atoms with Crippen LogP contribution in [0.1, 0.15) is 24.8 Å². The van der Waals surface area contributed by atoms with Crippen molar-refractivity contribution in [3.05, 3.63) is 35.5 Å². The normalized spacial score (nSPS) is 18.4. The van der Waals surface area contributed by atoms with Gasteiger partial charge in [0.15, 0.2) is 17.4 Å². The van der Waals surface area contributed by atoms with Crippen LogP contribution < -0.4 is 4.90 Å². The molecular formula is C21H19F5N4O2. The van der Waals surface area contributed by atoms with Crippen LogP contribution in [-0.2, 0) is 18.0 Å². The first kappa shape index (κ1) is 20.9. The predicted octanol–water partition coefficient (Wildman–Crippen LogP) is 4.40. The van der Waals surface area contributed by atoms with Crippen molar-refractivity contribution in [1.82, 2.24) is 14.8 Å². The third kappa shape index (κ3) is 3.17. The lowest BCUT2D eigenvalue weighted by Crippen LogP contribution is -2.55. The Morgan fingerprint density at radius 3 is 2.56 bits per heavy atom. The van der Waals surface area contributed by atoms with Crippen LogP contribution in [0.4, 0.5) is 27.8 Å². The van der Waals surface area contributed by atoms with E-state index in [1.54, 1.807) is 13.1 Å². The van der Waals surface area contributed by atoms with Crippen LogP contribution in [0.15, 0.2) is 18.3 Å². The summed E-state index contributed by atoms with van der Waals surface area (Å²) >= 11 is 0. The van der Waals surface area contributed by atoms with Crippen LogP contribution in [0.2, 0.25) is 0 Å². The fourth-order valence-corrected chi connectivity index (χ4v) is 4.43. The number of nitrogens with zero attached hydrogens (tertiary/aromatic N) is 4. The number of rotatable bonds is 2. The summed E-state index contributed by atoms with van der Waals surface area (Å²) in [7, 11) is 1.56. The minimum absolute atomic E-state index is 0.157. The minimum atomic E-state index is -5.12. The van der Waals surface area contributed by atoms with E-state index in [1.807, 2.05) is 0 Å². The van der Waals surface area contributed by atoms with Gasteiger partial charge >= 0.3 is 6.18 Å². The summed E-state index contributed by atoms with van der Waals surface area (Å²) in [5.41, 5.74) is -2.24. The lowest BCUT2D eigenvalue weighted by atomic mass is 9.79. The number of halogens is 5. The number of morpholine rings is 1. The zero-order valence-electron chi connectivity index (χ0n) is 17.0. The highest BCUT2D eigenvalue weighted by atomic mass is 19.4. The number of phenols is 1. The SMILES string of the molecule is Cn1nc(-c2cc(C(F)(F)F)c(F)c(O)c2F)c2cnc(N3CCOC4(CCC4)C3)cc21. The molecule has 1 N–H and O–H groups in total. The molecule has 2 aromatic heterocycles. The van der Waals surface area contributed by atoms with E-state index in [-0.39, 0.29) is 16.7 Å². The van der Waals surface area contributed by atoms with Crippen molar-refractivity contribution < 1.29 is 31.8 Å². The van der Waals surface area contributed by atoms with Gasteiger partial charge in [0.25, 0.3) is 0 Å². The first-order valence-electron chi connectivity index (χ1n) is 10.1. The van der Waals surface area contributed by atoms with Gasteiger partial charge in [-0.15, -0.1) is 0 Å². The van der Waals surface area contributed by atoms with Crippen molar-refractivity contribution in [2.24, 2.45) is 7.05 Å². The molecule has 11 heteroatoms. The number of phenolic OH excluding ortho intramolecular Hbond substituents is 1. The Balaban J connectivity index is 1.59. The van der Waals surface area contributed by atoms with E-state index in [4.69, 9.17) is 4.74 Å². The van der Waals surface area contributed by atoms with Crippen molar-refractivity contribution in [3.63, 3.8) is 0 Å². The molecule has 1 saturated carbocycles. The Morgan fingerprint density at radius 2 is 1.91 bits per heavy atom. The number of anilines is 1. The number of fused-ring (bicyclic) bond motifs is 1. The molecule has 0 atom stereocenters. The first-order chi connectivity index (χ1) is 15.1. The summed E-state index contributed by atoms with van der Waals surface area (Å²) in [6.07, 6.45) is -0.634. The average molecular weight is 454 g/mol. The quantitative estimate of drug-likeness (QED) is 0.582. The van der Waals surface area contributed by atoms with Crippen molar-refractivity contribution in [3.8, 4) is 17.0 Å². The third-order valence-corrected chi connectivity index (χ3v) is 6.30. The summed E-state index contributed by atoms with van der Waals surface area (Å²) in [6, 6.07) is 2.05.